The van der Waals surface area contributed by atoms with E-state index in [0.29, 0.717) is 5.37 Å². The van der Waals surface area contributed by atoms with Crippen molar-refractivity contribution in [3.63, 3.8) is 0 Å². The topological polar surface area (TPSA) is 24.8 Å². The highest BCUT2D eigenvalue weighted by Gasteiger charge is 2.62. The Balaban J connectivity index is 1.73. The van der Waals surface area contributed by atoms with E-state index in [-0.39, 0.29) is 10.8 Å². The average Bonchev–Trinajstić information content (AvgIpc) is 3.10. The third-order valence-electron chi connectivity index (χ3n) is 6.69. The molecule has 0 radical (unpaired) electrons. The summed E-state index contributed by atoms with van der Waals surface area (Å²) in [6.45, 7) is 4.75. The smallest absolute Gasteiger partial charge is 0.150 e. The Morgan fingerprint density at radius 2 is 1.96 bits per heavy atom. The summed E-state index contributed by atoms with van der Waals surface area (Å²) >= 11 is 1.72. The molecule has 25 heavy (non-hydrogen) atoms. The summed E-state index contributed by atoms with van der Waals surface area (Å²) in [7, 11) is 1.72. The molecule has 3 nitrogen and oxygen atoms in total. The highest BCUT2D eigenvalue weighted by molar-refractivity contribution is 7.99. The first kappa shape index (κ1) is 14.0. The van der Waals surface area contributed by atoms with Crippen LogP contribution >= 0.6 is 11.9 Å². The summed E-state index contributed by atoms with van der Waals surface area (Å²) in [5.41, 5.74) is 6.66. The fraction of sp³-hybridized carbons (Fsp3) is 0.286. The lowest BCUT2D eigenvalue weighted by molar-refractivity contribution is 0.214. The minimum atomic E-state index is 0.0709. The first-order chi connectivity index (χ1) is 12.1. The molecular formula is C21H18N2OS. The molecule has 4 heteroatoms. The maximum atomic E-state index is 5.47. The van der Waals surface area contributed by atoms with E-state index in [0.717, 1.165) is 11.6 Å². The van der Waals surface area contributed by atoms with Crippen LogP contribution in [0.1, 0.15) is 25.0 Å². The Morgan fingerprint density at radius 1 is 1.08 bits per heavy atom. The molecule has 2 aromatic rings. The molecule has 2 aromatic carbocycles. The summed E-state index contributed by atoms with van der Waals surface area (Å²) < 4.78 is 10.4. The van der Waals surface area contributed by atoms with Crippen molar-refractivity contribution in [1.29, 1.82) is 0 Å². The van der Waals surface area contributed by atoms with Crippen molar-refractivity contribution in [2.24, 2.45) is 9.81 Å². The average molecular weight is 346 g/mol. The van der Waals surface area contributed by atoms with Crippen molar-refractivity contribution in [3.8, 4) is 16.9 Å². The number of nitrogens with zero attached hydrogens (tertiary/aromatic N) is 2. The van der Waals surface area contributed by atoms with Crippen molar-refractivity contribution in [3.05, 3.63) is 59.7 Å². The van der Waals surface area contributed by atoms with Crippen LogP contribution in [-0.2, 0) is 5.41 Å². The maximum Gasteiger partial charge on any atom is 0.150 e. The lowest BCUT2D eigenvalue weighted by atomic mass is 9.51. The number of anilines is 1. The van der Waals surface area contributed by atoms with Crippen molar-refractivity contribution in [1.82, 2.24) is 0 Å². The molecule has 1 aliphatic carbocycles. The third-order valence-corrected chi connectivity index (χ3v) is 7.87. The lowest BCUT2D eigenvalue weighted by Crippen LogP contribution is -2.61. The van der Waals surface area contributed by atoms with E-state index < -0.39 is 0 Å². The Morgan fingerprint density at radius 3 is 2.72 bits per heavy atom. The van der Waals surface area contributed by atoms with Gasteiger partial charge >= 0.3 is 0 Å². The predicted octanol–water partition coefficient (Wildman–Crippen LogP) is 4.76. The Labute approximate surface area is 151 Å². The monoisotopic (exact) mass is 346 g/mol. The second-order valence-corrected chi connectivity index (χ2v) is 8.51. The molecule has 0 saturated heterocycles. The van der Waals surface area contributed by atoms with Crippen LogP contribution in [-0.4, -0.2) is 18.3 Å². The van der Waals surface area contributed by atoms with E-state index in [1.165, 1.54) is 27.9 Å². The van der Waals surface area contributed by atoms with Crippen molar-refractivity contribution in [2.75, 3.05) is 12.0 Å². The van der Waals surface area contributed by atoms with E-state index in [2.05, 4.69) is 61.2 Å². The van der Waals surface area contributed by atoms with Gasteiger partial charge in [0.25, 0.3) is 0 Å². The van der Waals surface area contributed by atoms with Crippen molar-refractivity contribution >= 4 is 23.5 Å². The molecule has 6 rings (SSSR count). The zero-order chi connectivity index (χ0) is 17.0. The van der Waals surface area contributed by atoms with E-state index in [1.807, 2.05) is 6.07 Å². The molecule has 0 N–H and O–H groups in total. The number of rotatable bonds is 1. The summed E-state index contributed by atoms with van der Waals surface area (Å²) in [5.74, 6) is 1.96. The Bertz CT molecular complexity index is 1030. The largest absolute Gasteiger partial charge is 0.497 e. The normalized spacial score (nSPS) is 32.4. The van der Waals surface area contributed by atoms with Crippen LogP contribution in [0, 0.1) is 5.41 Å². The van der Waals surface area contributed by atoms with Crippen LogP contribution < -0.4 is 9.64 Å². The first-order valence-corrected chi connectivity index (χ1v) is 9.48. The van der Waals surface area contributed by atoms with Crippen molar-refractivity contribution in [2.45, 2.75) is 24.6 Å². The molecule has 0 spiro atoms. The fourth-order valence-electron chi connectivity index (χ4n) is 4.91. The third kappa shape index (κ3) is 1.34. The maximum absolute atomic E-state index is 5.47. The molecule has 3 heterocycles. The quantitative estimate of drug-likeness (QED) is 0.549. The second kappa shape index (κ2) is 4.13. The van der Waals surface area contributed by atoms with E-state index >= 15 is 0 Å². The van der Waals surface area contributed by atoms with E-state index in [1.54, 1.807) is 19.1 Å². The van der Waals surface area contributed by atoms with Gasteiger partial charge in [-0.2, -0.15) is 4.40 Å². The number of fused-ring (bicyclic) bond motifs is 6. The van der Waals surface area contributed by atoms with Gasteiger partial charge in [0.2, 0.25) is 0 Å². The minimum Gasteiger partial charge on any atom is -0.497 e. The number of para-hydroxylation sites is 1. The number of methoxy groups -OCH3 is 1. The highest BCUT2D eigenvalue weighted by Crippen LogP contribution is 2.66. The number of benzene rings is 2. The van der Waals surface area contributed by atoms with Crippen LogP contribution in [0.3, 0.4) is 0 Å². The van der Waals surface area contributed by atoms with Gasteiger partial charge < -0.3 is 9.64 Å². The molecule has 0 aromatic heterocycles. The number of amidine groups is 1. The molecule has 0 saturated carbocycles. The molecule has 0 bridgehead atoms. The standard InChI is InChI=1S/C21H18N2OS/c1-20-9-10-21(20,2)19-23-17-14(5-4-6-16(17)20)13-8-7-12(24-3)11-15(13)18(23)22-25-19/h4-11,19H,1-3H3. The second-order valence-electron chi connectivity index (χ2n) is 7.67. The summed E-state index contributed by atoms with van der Waals surface area (Å²) in [4.78, 5) is 2.47. The zero-order valence-corrected chi connectivity index (χ0v) is 15.2. The van der Waals surface area contributed by atoms with Crippen molar-refractivity contribution < 1.29 is 4.74 Å². The Hall–Kier alpha value is -2.20. The number of hydrogen-bond donors (Lipinski definition) is 0. The molecule has 4 aliphatic rings. The first-order valence-electron chi connectivity index (χ1n) is 8.64. The van der Waals surface area contributed by atoms with Gasteiger partial charge in [-0.15, -0.1) is 0 Å². The molecule has 3 atom stereocenters. The molecule has 3 unspecified atom stereocenters. The molecule has 0 amide bonds. The zero-order valence-electron chi connectivity index (χ0n) is 14.4. The van der Waals surface area contributed by atoms with Crippen LogP contribution in [0.2, 0.25) is 0 Å². The summed E-state index contributed by atoms with van der Waals surface area (Å²) in [6.07, 6.45) is 4.75. The fourth-order valence-corrected chi connectivity index (χ4v) is 6.13. The van der Waals surface area contributed by atoms with E-state index in [9.17, 15) is 0 Å². The number of hydrogen-bond acceptors (Lipinski definition) is 4. The lowest BCUT2D eigenvalue weighted by Gasteiger charge is -2.60. The number of ether oxygens (including phenoxy) is 1. The van der Waals surface area contributed by atoms with Gasteiger partial charge in [-0.1, -0.05) is 44.2 Å². The number of allylic oxidation sites excluding steroid dienone is 1. The van der Waals surface area contributed by atoms with Crippen LogP contribution in [0.25, 0.3) is 11.1 Å². The SMILES string of the molecule is COc1ccc2c(c1)C1=NSC3N1c1c-2cccc1C1(C)C=CC31C. The predicted molar refractivity (Wildman–Crippen MR) is 103 cm³/mol. The molecule has 0 fully saturated rings. The van der Waals surface area contributed by atoms with Gasteiger partial charge in [-0.25, -0.2) is 0 Å². The summed E-state index contributed by atoms with van der Waals surface area (Å²) in [6, 6.07) is 13.1. The van der Waals surface area contributed by atoms with Gasteiger partial charge in [0, 0.05) is 33.9 Å². The summed E-state index contributed by atoms with van der Waals surface area (Å²) in [5, 5.41) is 0.311. The van der Waals surface area contributed by atoms with E-state index in [4.69, 9.17) is 9.13 Å². The molecular weight excluding hydrogens is 328 g/mol. The van der Waals surface area contributed by atoms with Gasteiger partial charge in [0.05, 0.1) is 12.8 Å². The molecule has 124 valence electrons. The van der Waals surface area contributed by atoms with Gasteiger partial charge in [0.1, 0.15) is 17.0 Å². The Kier molecular flexibility index (Phi) is 2.31. The van der Waals surface area contributed by atoms with Gasteiger partial charge in [-0.3, -0.25) is 0 Å². The minimum absolute atomic E-state index is 0.0709. The molecule has 3 aliphatic heterocycles. The van der Waals surface area contributed by atoms with Gasteiger partial charge in [-0.05, 0) is 29.3 Å². The van der Waals surface area contributed by atoms with Crippen LogP contribution in [0.15, 0.2) is 52.9 Å². The van der Waals surface area contributed by atoms with Crippen LogP contribution in [0.4, 0.5) is 5.69 Å². The van der Waals surface area contributed by atoms with Crippen LogP contribution in [0.5, 0.6) is 5.75 Å². The highest BCUT2D eigenvalue weighted by atomic mass is 32.2. The van der Waals surface area contributed by atoms with Gasteiger partial charge in [0.15, 0.2) is 0 Å².